The number of amides is 1. The van der Waals surface area contributed by atoms with E-state index in [4.69, 9.17) is 21.1 Å². The summed E-state index contributed by atoms with van der Waals surface area (Å²) in [4.78, 5) is 22.3. The van der Waals surface area contributed by atoms with Gasteiger partial charge in [0.1, 0.15) is 0 Å². The largest absolute Gasteiger partial charge is 0.481 e. The molecule has 0 atom stereocenters. The summed E-state index contributed by atoms with van der Waals surface area (Å²) in [5.41, 5.74) is 1.49. The van der Waals surface area contributed by atoms with E-state index >= 15 is 0 Å². The minimum absolute atomic E-state index is 0.0800. The Morgan fingerprint density at radius 1 is 1.15 bits per heavy atom. The summed E-state index contributed by atoms with van der Waals surface area (Å²) in [7, 11) is 0. The molecule has 0 saturated heterocycles. The van der Waals surface area contributed by atoms with Crippen LogP contribution in [0.15, 0.2) is 40.8 Å². The zero-order valence-corrected chi connectivity index (χ0v) is 11.2. The fraction of sp³-hybridized carbons (Fsp3) is 0.143. The number of hydrogen-bond acceptors (Lipinski definition) is 3. The summed E-state index contributed by atoms with van der Waals surface area (Å²) < 4.78 is 4.99. The average Bonchev–Trinajstić information content (AvgIpc) is 2.85. The highest BCUT2D eigenvalue weighted by Gasteiger charge is 2.10. The maximum Gasteiger partial charge on any atom is 0.303 e. The van der Waals surface area contributed by atoms with Crippen molar-refractivity contribution >= 4 is 29.2 Å². The van der Waals surface area contributed by atoms with Gasteiger partial charge in [-0.1, -0.05) is 12.1 Å². The monoisotopic (exact) mass is 293 g/mol. The number of hydrogen-bond donors (Lipinski definition) is 2. The quantitative estimate of drug-likeness (QED) is 0.887. The van der Waals surface area contributed by atoms with Crippen LogP contribution in [0.5, 0.6) is 0 Å². The van der Waals surface area contributed by atoms with E-state index in [0.717, 1.165) is 5.56 Å². The van der Waals surface area contributed by atoms with Crippen LogP contribution in [0.25, 0.3) is 0 Å². The van der Waals surface area contributed by atoms with Crippen molar-refractivity contribution in [1.82, 2.24) is 0 Å². The number of benzene rings is 1. The van der Waals surface area contributed by atoms with Crippen molar-refractivity contribution in [3.8, 4) is 0 Å². The maximum atomic E-state index is 11.8. The van der Waals surface area contributed by atoms with Crippen molar-refractivity contribution in [3.63, 3.8) is 0 Å². The number of aryl methyl sites for hydroxylation is 1. The molecule has 1 aromatic carbocycles. The van der Waals surface area contributed by atoms with Gasteiger partial charge in [-0.05, 0) is 47.9 Å². The van der Waals surface area contributed by atoms with Crippen molar-refractivity contribution < 1.29 is 19.1 Å². The first-order chi connectivity index (χ1) is 9.54. The second-order valence-corrected chi connectivity index (χ2v) is 4.52. The molecule has 6 heteroatoms. The van der Waals surface area contributed by atoms with Crippen LogP contribution in [0.3, 0.4) is 0 Å². The summed E-state index contributed by atoms with van der Waals surface area (Å²) in [5.74, 6) is -1.10. The first-order valence-electron chi connectivity index (χ1n) is 5.92. The average molecular weight is 294 g/mol. The molecule has 0 spiro atoms. The predicted molar refractivity (Wildman–Crippen MR) is 74.1 cm³/mol. The molecule has 0 saturated carbocycles. The highest BCUT2D eigenvalue weighted by atomic mass is 35.5. The van der Waals surface area contributed by atoms with Gasteiger partial charge < -0.3 is 14.8 Å². The lowest BCUT2D eigenvalue weighted by Gasteiger charge is -2.04. The molecule has 0 bridgehead atoms. The standard InChI is InChI=1S/C14H12ClNO4/c15-12-7-6-11(20-12)14(19)16-10-4-1-9(2-5-10)3-8-13(17)18/h1-2,4-7H,3,8H2,(H,16,19)(H,17,18). The number of furan rings is 1. The van der Waals surface area contributed by atoms with E-state index in [0.29, 0.717) is 12.1 Å². The van der Waals surface area contributed by atoms with Crippen molar-refractivity contribution in [3.05, 3.63) is 52.9 Å². The van der Waals surface area contributed by atoms with Gasteiger partial charge >= 0.3 is 5.97 Å². The van der Waals surface area contributed by atoms with E-state index in [1.54, 1.807) is 24.3 Å². The number of anilines is 1. The topological polar surface area (TPSA) is 79.5 Å². The number of aliphatic carboxylic acids is 1. The first-order valence-corrected chi connectivity index (χ1v) is 6.30. The van der Waals surface area contributed by atoms with Crippen molar-refractivity contribution in [1.29, 1.82) is 0 Å². The van der Waals surface area contributed by atoms with Gasteiger partial charge in [0, 0.05) is 12.1 Å². The lowest BCUT2D eigenvalue weighted by molar-refractivity contribution is -0.136. The van der Waals surface area contributed by atoms with Gasteiger partial charge in [0.15, 0.2) is 11.0 Å². The van der Waals surface area contributed by atoms with E-state index in [9.17, 15) is 9.59 Å². The SMILES string of the molecule is O=C(O)CCc1ccc(NC(=O)c2ccc(Cl)o2)cc1. The molecular formula is C14H12ClNO4. The number of carbonyl (C=O) groups excluding carboxylic acids is 1. The van der Waals surface area contributed by atoms with E-state index in [1.807, 2.05) is 0 Å². The van der Waals surface area contributed by atoms with Gasteiger partial charge in [-0.15, -0.1) is 0 Å². The Morgan fingerprint density at radius 2 is 1.85 bits per heavy atom. The molecule has 2 aromatic rings. The van der Waals surface area contributed by atoms with Crippen LogP contribution in [-0.2, 0) is 11.2 Å². The van der Waals surface area contributed by atoms with E-state index in [1.165, 1.54) is 12.1 Å². The molecule has 1 heterocycles. The number of carboxylic acids is 1. The van der Waals surface area contributed by atoms with Crippen LogP contribution in [0.4, 0.5) is 5.69 Å². The maximum absolute atomic E-state index is 11.8. The molecule has 0 aliphatic carbocycles. The molecule has 20 heavy (non-hydrogen) atoms. The lowest BCUT2D eigenvalue weighted by Crippen LogP contribution is -2.10. The number of rotatable bonds is 5. The molecule has 1 aromatic heterocycles. The Bertz CT molecular complexity index is 618. The molecular weight excluding hydrogens is 282 g/mol. The Balaban J connectivity index is 1.96. The van der Waals surface area contributed by atoms with Gasteiger partial charge in [0.2, 0.25) is 0 Å². The van der Waals surface area contributed by atoms with Crippen LogP contribution in [0.2, 0.25) is 5.22 Å². The lowest BCUT2D eigenvalue weighted by atomic mass is 10.1. The van der Waals surface area contributed by atoms with Gasteiger partial charge in [-0.25, -0.2) is 0 Å². The van der Waals surface area contributed by atoms with Crippen molar-refractivity contribution in [2.24, 2.45) is 0 Å². The van der Waals surface area contributed by atoms with Crippen LogP contribution in [0.1, 0.15) is 22.5 Å². The van der Waals surface area contributed by atoms with E-state index < -0.39 is 11.9 Å². The molecule has 0 unspecified atom stereocenters. The summed E-state index contributed by atoms with van der Waals surface area (Å²) in [5, 5.41) is 11.4. The Labute approximate surface area is 120 Å². The van der Waals surface area contributed by atoms with Gasteiger partial charge in [0.25, 0.3) is 5.91 Å². The summed E-state index contributed by atoms with van der Waals surface area (Å²) in [6.07, 6.45) is 0.536. The normalized spacial score (nSPS) is 10.2. The Kier molecular flexibility index (Phi) is 4.42. The second kappa shape index (κ2) is 6.25. The van der Waals surface area contributed by atoms with Crippen molar-refractivity contribution in [2.45, 2.75) is 12.8 Å². The molecule has 0 aliphatic heterocycles. The summed E-state index contributed by atoms with van der Waals surface area (Å²) in [6.45, 7) is 0. The third-order valence-corrected chi connectivity index (χ3v) is 2.84. The Morgan fingerprint density at radius 3 is 2.40 bits per heavy atom. The third-order valence-electron chi connectivity index (χ3n) is 2.64. The molecule has 2 rings (SSSR count). The van der Waals surface area contributed by atoms with Crippen LogP contribution in [0, 0.1) is 0 Å². The minimum Gasteiger partial charge on any atom is -0.481 e. The number of carbonyl (C=O) groups is 2. The van der Waals surface area contributed by atoms with E-state index in [2.05, 4.69) is 5.32 Å². The predicted octanol–water partition coefficient (Wildman–Crippen LogP) is 3.20. The first kappa shape index (κ1) is 14.1. The van der Waals surface area contributed by atoms with Crippen LogP contribution < -0.4 is 5.32 Å². The van der Waals surface area contributed by atoms with E-state index in [-0.39, 0.29) is 17.4 Å². The molecule has 0 fully saturated rings. The number of halogens is 1. The van der Waals surface area contributed by atoms with Gasteiger partial charge in [-0.3, -0.25) is 9.59 Å². The molecule has 5 nitrogen and oxygen atoms in total. The van der Waals surface area contributed by atoms with Crippen LogP contribution in [-0.4, -0.2) is 17.0 Å². The number of nitrogens with one attached hydrogen (secondary N) is 1. The zero-order valence-electron chi connectivity index (χ0n) is 10.4. The fourth-order valence-electron chi connectivity index (χ4n) is 1.64. The second-order valence-electron chi connectivity index (χ2n) is 4.15. The number of carboxylic acid groups (broad SMARTS) is 1. The molecule has 1 amide bonds. The molecule has 0 radical (unpaired) electrons. The molecule has 104 valence electrons. The zero-order chi connectivity index (χ0) is 14.5. The summed E-state index contributed by atoms with van der Waals surface area (Å²) in [6, 6.07) is 9.94. The highest BCUT2D eigenvalue weighted by molar-refractivity contribution is 6.29. The fourth-order valence-corrected chi connectivity index (χ4v) is 1.78. The minimum atomic E-state index is -0.836. The molecule has 2 N–H and O–H groups in total. The van der Waals surface area contributed by atoms with Gasteiger partial charge in [0.05, 0.1) is 0 Å². The smallest absolute Gasteiger partial charge is 0.303 e. The Hall–Kier alpha value is -2.27. The van der Waals surface area contributed by atoms with Gasteiger partial charge in [-0.2, -0.15) is 0 Å². The summed E-state index contributed by atoms with van der Waals surface area (Å²) >= 11 is 5.59. The van der Waals surface area contributed by atoms with Crippen molar-refractivity contribution in [2.75, 3.05) is 5.32 Å². The highest BCUT2D eigenvalue weighted by Crippen LogP contribution is 2.16. The van der Waals surface area contributed by atoms with Crippen LogP contribution >= 0.6 is 11.6 Å². The third kappa shape index (κ3) is 3.86. The molecule has 0 aliphatic rings.